The first kappa shape index (κ1) is 25.1. The molecule has 5 heteroatoms. The highest BCUT2D eigenvalue weighted by molar-refractivity contribution is 7.45. The number of unbranched alkanes of at least 4 members (excludes halogenated alkanes) is 14. The zero-order chi connectivity index (χ0) is 18.6. The number of hydrogen-bond acceptors (Lipinski definition) is 4. The van der Waals surface area contributed by atoms with E-state index in [9.17, 15) is 9.46 Å². The lowest BCUT2D eigenvalue weighted by Gasteiger charge is -2.22. The summed E-state index contributed by atoms with van der Waals surface area (Å²) < 4.78 is 21.4. The van der Waals surface area contributed by atoms with Crippen molar-refractivity contribution >= 4 is 7.82 Å². The van der Waals surface area contributed by atoms with Gasteiger partial charge in [0.15, 0.2) is 0 Å². The van der Waals surface area contributed by atoms with Crippen LogP contribution in [0.4, 0.5) is 0 Å². The molecule has 0 heterocycles. The van der Waals surface area contributed by atoms with Gasteiger partial charge in [0.1, 0.15) is 0 Å². The summed E-state index contributed by atoms with van der Waals surface area (Å²) in [6, 6.07) is 0. The summed E-state index contributed by atoms with van der Waals surface area (Å²) in [5, 5.41) is 0. The van der Waals surface area contributed by atoms with Gasteiger partial charge in [-0.15, -0.1) is 0 Å². The maximum atomic E-state index is 11.6. The molecule has 0 spiro atoms. The first-order valence-corrected chi connectivity index (χ1v) is 12.2. The predicted octanol–water partition coefficient (Wildman–Crippen LogP) is 6.77. The van der Waals surface area contributed by atoms with Crippen molar-refractivity contribution in [3.63, 3.8) is 0 Å². The van der Waals surface area contributed by atoms with E-state index in [1.165, 1.54) is 70.6 Å². The zero-order valence-electron chi connectivity index (χ0n) is 16.8. The number of phosphoric acid groups is 1. The van der Waals surface area contributed by atoms with Crippen LogP contribution in [0.3, 0.4) is 0 Å². The molecule has 4 nitrogen and oxygen atoms in total. The Hall–Kier alpha value is 0.110. The van der Waals surface area contributed by atoms with Gasteiger partial charge in [0.2, 0.25) is 0 Å². The topological polar surface area (TPSA) is 58.6 Å². The van der Waals surface area contributed by atoms with Gasteiger partial charge in [-0.2, -0.15) is 0 Å². The maximum absolute atomic E-state index is 11.6. The fourth-order valence-electron chi connectivity index (χ4n) is 2.86. The highest BCUT2D eigenvalue weighted by Crippen LogP contribution is 2.38. The third-order valence-corrected chi connectivity index (χ3v) is 5.49. The average Bonchev–Trinajstić information content (AvgIpc) is 2.59. The standard InChI is InChI=1S/C20H43O4P/c1-3-5-7-9-11-12-13-14-16-18-20-24-25(21,22)23-19-17-15-10-8-6-4-2/h3-20H2,1-2H3,(H,21,22)/p-1. The summed E-state index contributed by atoms with van der Waals surface area (Å²) in [5.41, 5.74) is 0. The van der Waals surface area contributed by atoms with Crippen molar-refractivity contribution in [1.29, 1.82) is 0 Å². The molecule has 0 saturated heterocycles. The number of rotatable bonds is 20. The Kier molecular flexibility index (Phi) is 19.0. The van der Waals surface area contributed by atoms with Crippen molar-refractivity contribution < 1.29 is 18.5 Å². The molecule has 0 aromatic rings. The van der Waals surface area contributed by atoms with Crippen LogP contribution in [0.2, 0.25) is 0 Å². The van der Waals surface area contributed by atoms with Crippen LogP contribution in [0.25, 0.3) is 0 Å². The van der Waals surface area contributed by atoms with Gasteiger partial charge in [0.05, 0.1) is 13.2 Å². The van der Waals surface area contributed by atoms with Crippen molar-refractivity contribution in [2.75, 3.05) is 13.2 Å². The highest BCUT2D eigenvalue weighted by Gasteiger charge is 2.08. The minimum Gasteiger partial charge on any atom is -0.756 e. The first-order chi connectivity index (χ1) is 12.1. The van der Waals surface area contributed by atoms with Gasteiger partial charge < -0.3 is 13.9 Å². The second-order valence-electron chi connectivity index (χ2n) is 7.06. The maximum Gasteiger partial charge on any atom is 0.267 e. The molecule has 1 unspecified atom stereocenters. The second-order valence-corrected chi connectivity index (χ2v) is 8.47. The summed E-state index contributed by atoms with van der Waals surface area (Å²) in [7, 11) is -4.08. The SMILES string of the molecule is CCCCCCCCCCCCOP(=O)([O-])OCCCCCCCC. The minimum atomic E-state index is -4.08. The summed E-state index contributed by atoms with van der Waals surface area (Å²) in [4.78, 5) is 11.6. The fraction of sp³-hybridized carbons (Fsp3) is 1.00. The molecule has 0 radical (unpaired) electrons. The van der Waals surface area contributed by atoms with Crippen molar-refractivity contribution in [3.8, 4) is 0 Å². The molecule has 152 valence electrons. The van der Waals surface area contributed by atoms with Crippen molar-refractivity contribution in [3.05, 3.63) is 0 Å². The Balaban J connectivity index is 3.32. The highest BCUT2D eigenvalue weighted by atomic mass is 31.2. The van der Waals surface area contributed by atoms with E-state index in [0.717, 1.165) is 32.1 Å². The van der Waals surface area contributed by atoms with Crippen LogP contribution in [0.1, 0.15) is 117 Å². The molecule has 0 aliphatic heterocycles. The van der Waals surface area contributed by atoms with E-state index in [1.54, 1.807) is 0 Å². The Labute approximate surface area is 156 Å². The lowest BCUT2D eigenvalue weighted by molar-refractivity contribution is -0.225. The molecule has 0 aliphatic carbocycles. The lowest BCUT2D eigenvalue weighted by atomic mass is 10.1. The van der Waals surface area contributed by atoms with Crippen LogP contribution in [0.15, 0.2) is 0 Å². The lowest BCUT2D eigenvalue weighted by Crippen LogP contribution is -2.10. The van der Waals surface area contributed by atoms with Gasteiger partial charge in [-0.05, 0) is 12.8 Å². The molecule has 0 aromatic carbocycles. The molecule has 25 heavy (non-hydrogen) atoms. The molecule has 0 N–H and O–H groups in total. The minimum absolute atomic E-state index is 0.255. The van der Waals surface area contributed by atoms with Gasteiger partial charge >= 0.3 is 0 Å². The summed E-state index contributed by atoms with van der Waals surface area (Å²) in [5.74, 6) is 0. The van der Waals surface area contributed by atoms with Crippen LogP contribution in [-0.4, -0.2) is 13.2 Å². The van der Waals surface area contributed by atoms with Gasteiger partial charge in [-0.3, -0.25) is 4.57 Å². The number of phosphoric ester groups is 1. The van der Waals surface area contributed by atoms with Gasteiger partial charge in [0.25, 0.3) is 7.82 Å². The fourth-order valence-corrected chi connectivity index (χ4v) is 3.64. The van der Waals surface area contributed by atoms with Crippen LogP contribution < -0.4 is 4.89 Å². The second kappa shape index (κ2) is 18.9. The van der Waals surface area contributed by atoms with Crippen LogP contribution >= 0.6 is 7.82 Å². The van der Waals surface area contributed by atoms with E-state index in [0.29, 0.717) is 0 Å². The normalized spacial score (nSPS) is 13.9. The van der Waals surface area contributed by atoms with Crippen molar-refractivity contribution in [1.82, 2.24) is 0 Å². The van der Waals surface area contributed by atoms with Gasteiger partial charge in [-0.1, -0.05) is 104 Å². The summed E-state index contributed by atoms with van der Waals surface area (Å²) in [6.45, 7) is 4.93. The summed E-state index contributed by atoms with van der Waals surface area (Å²) in [6.07, 6.45) is 18.9. The molecule has 0 aliphatic rings. The molecule has 0 amide bonds. The molecular weight excluding hydrogens is 335 g/mol. The third kappa shape index (κ3) is 20.3. The third-order valence-electron chi connectivity index (χ3n) is 4.49. The van der Waals surface area contributed by atoms with Crippen molar-refractivity contribution in [2.24, 2.45) is 0 Å². The van der Waals surface area contributed by atoms with E-state index in [2.05, 4.69) is 13.8 Å². The smallest absolute Gasteiger partial charge is 0.267 e. The molecule has 1 atom stereocenters. The molecule has 0 bridgehead atoms. The van der Waals surface area contributed by atoms with E-state index < -0.39 is 7.82 Å². The average molecular weight is 378 g/mol. The van der Waals surface area contributed by atoms with Crippen LogP contribution in [0, 0.1) is 0 Å². The first-order valence-electron chi connectivity index (χ1n) is 10.7. The molecule has 0 fully saturated rings. The Bertz CT molecular complexity index is 310. The summed E-state index contributed by atoms with van der Waals surface area (Å²) >= 11 is 0. The largest absolute Gasteiger partial charge is 0.756 e. The Morgan fingerprint density at radius 1 is 0.560 bits per heavy atom. The monoisotopic (exact) mass is 377 g/mol. The molecular formula is C20H42O4P-. The number of hydrogen-bond donors (Lipinski definition) is 0. The Morgan fingerprint density at radius 3 is 1.16 bits per heavy atom. The Morgan fingerprint density at radius 2 is 0.840 bits per heavy atom. The predicted molar refractivity (Wildman–Crippen MR) is 105 cm³/mol. The van der Waals surface area contributed by atoms with E-state index >= 15 is 0 Å². The van der Waals surface area contributed by atoms with Gasteiger partial charge in [-0.25, -0.2) is 0 Å². The van der Waals surface area contributed by atoms with Gasteiger partial charge in [0, 0.05) is 0 Å². The zero-order valence-corrected chi connectivity index (χ0v) is 17.7. The molecule has 0 rings (SSSR count). The molecule has 0 aromatic heterocycles. The van der Waals surface area contributed by atoms with Crippen molar-refractivity contribution in [2.45, 2.75) is 117 Å². The quantitative estimate of drug-likeness (QED) is 0.173. The van der Waals surface area contributed by atoms with E-state index in [4.69, 9.17) is 9.05 Å². The molecule has 0 saturated carbocycles. The van der Waals surface area contributed by atoms with Crippen LogP contribution in [0.5, 0.6) is 0 Å². The van der Waals surface area contributed by atoms with E-state index in [1.807, 2.05) is 0 Å². The van der Waals surface area contributed by atoms with Crippen LogP contribution in [-0.2, 0) is 13.6 Å². The van der Waals surface area contributed by atoms with E-state index in [-0.39, 0.29) is 13.2 Å².